The Labute approximate surface area is 73.5 Å². The van der Waals surface area contributed by atoms with E-state index in [2.05, 4.69) is 0 Å². The van der Waals surface area contributed by atoms with Gasteiger partial charge in [-0.05, 0) is 6.07 Å². The monoisotopic (exact) mass is 184 g/mol. The number of rotatable bonds is 2. The Morgan fingerprint density at radius 1 is 1.23 bits per heavy atom. The van der Waals surface area contributed by atoms with Gasteiger partial charge < -0.3 is 20.4 Å². The second kappa shape index (κ2) is 3.22. The van der Waals surface area contributed by atoms with Gasteiger partial charge in [-0.2, -0.15) is 0 Å². The van der Waals surface area contributed by atoms with Gasteiger partial charge in [-0.1, -0.05) is 0 Å². The molecule has 0 heterocycles. The molecule has 13 heavy (non-hydrogen) atoms. The molecule has 0 aromatic heterocycles. The number of aromatic hydroxyl groups is 3. The zero-order chi connectivity index (χ0) is 10.0. The molecule has 0 unspecified atom stereocenters. The Morgan fingerprint density at radius 2 is 1.85 bits per heavy atom. The van der Waals surface area contributed by atoms with E-state index in [0.717, 1.165) is 12.1 Å². The molecule has 4 N–H and O–H groups in total. The van der Waals surface area contributed by atoms with E-state index in [1.165, 1.54) is 0 Å². The average Bonchev–Trinajstić information content (AvgIpc) is 1.98. The fourth-order valence-electron chi connectivity index (χ4n) is 0.959. The number of hydrogen-bond acceptors (Lipinski definition) is 4. The van der Waals surface area contributed by atoms with E-state index in [0.29, 0.717) is 0 Å². The normalized spacial score (nSPS) is 9.85. The van der Waals surface area contributed by atoms with E-state index in [4.69, 9.17) is 20.4 Å². The molecular formula is C8H8O5. The van der Waals surface area contributed by atoms with Gasteiger partial charge in [-0.15, -0.1) is 0 Å². The van der Waals surface area contributed by atoms with Gasteiger partial charge in [-0.25, -0.2) is 0 Å². The summed E-state index contributed by atoms with van der Waals surface area (Å²) in [4.78, 5) is 10.3. The summed E-state index contributed by atoms with van der Waals surface area (Å²) in [5.74, 6) is -2.48. The van der Waals surface area contributed by atoms with Crippen LogP contribution in [0.4, 0.5) is 0 Å². The largest absolute Gasteiger partial charge is 0.508 e. The number of carbonyl (C=O) groups is 1. The van der Waals surface area contributed by atoms with Crippen LogP contribution in [0.1, 0.15) is 5.56 Å². The summed E-state index contributed by atoms with van der Waals surface area (Å²) in [6.45, 7) is 0. The van der Waals surface area contributed by atoms with E-state index < -0.39 is 23.9 Å². The van der Waals surface area contributed by atoms with E-state index in [9.17, 15) is 4.79 Å². The first kappa shape index (κ1) is 9.18. The van der Waals surface area contributed by atoms with Crippen molar-refractivity contribution in [1.82, 2.24) is 0 Å². The number of carboxylic acid groups (broad SMARTS) is 1. The molecule has 0 spiro atoms. The third kappa shape index (κ3) is 2.02. The number of benzene rings is 1. The van der Waals surface area contributed by atoms with Crippen molar-refractivity contribution < 1.29 is 25.2 Å². The Kier molecular flexibility index (Phi) is 2.27. The zero-order valence-electron chi connectivity index (χ0n) is 6.56. The fourth-order valence-corrected chi connectivity index (χ4v) is 0.959. The van der Waals surface area contributed by atoms with E-state index in [1.54, 1.807) is 0 Å². The molecule has 5 nitrogen and oxygen atoms in total. The molecular weight excluding hydrogens is 176 g/mol. The smallest absolute Gasteiger partial charge is 0.307 e. The number of phenols is 3. The highest BCUT2D eigenvalue weighted by Gasteiger charge is 2.11. The first-order valence-electron chi connectivity index (χ1n) is 3.46. The first-order chi connectivity index (χ1) is 6.00. The van der Waals surface area contributed by atoms with Crippen molar-refractivity contribution in [3.05, 3.63) is 17.7 Å². The standard InChI is InChI=1S/C8H8O5/c9-5-1-4(2-7(11)12)8(13)6(10)3-5/h1,3,9-10,13H,2H2,(H,11,12). The van der Waals surface area contributed by atoms with Gasteiger partial charge in [-0.3, -0.25) is 4.79 Å². The molecule has 0 aliphatic heterocycles. The summed E-state index contributed by atoms with van der Waals surface area (Å²) in [6, 6.07) is 2.02. The summed E-state index contributed by atoms with van der Waals surface area (Å²) < 4.78 is 0. The maximum atomic E-state index is 10.3. The van der Waals surface area contributed by atoms with Crippen molar-refractivity contribution in [2.24, 2.45) is 0 Å². The molecule has 0 atom stereocenters. The van der Waals surface area contributed by atoms with E-state index in [-0.39, 0.29) is 11.3 Å². The molecule has 1 aromatic rings. The minimum Gasteiger partial charge on any atom is -0.508 e. The second-order valence-electron chi connectivity index (χ2n) is 2.54. The lowest BCUT2D eigenvalue weighted by Crippen LogP contribution is -2.00. The maximum absolute atomic E-state index is 10.3. The number of hydrogen-bond donors (Lipinski definition) is 4. The minimum absolute atomic E-state index is 0.0231. The molecule has 0 saturated heterocycles. The highest BCUT2D eigenvalue weighted by Crippen LogP contribution is 2.33. The summed E-state index contributed by atoms with van der Waals surface area (Å²) in [5.41, 5.74) is -0.0231. The average molecular weight is 184 g/mol. The lowest BCUT2D eigenvalue weighted by molar-refractivity contribution is -0.136. The van der Waals surface area contributed by atoms with Crippen molar-refractivity contribution in [2.75, 3.05) is 0 Å². The van der Waals surface area contributed by atoms with Gasteiger partial charge in [0.1, 0.15) is 5.75 Å². The van der Waals surface area contributed by atoms with Crippen molar-refractivity contribution in [2.45, 2.75) is 6.42 Å². The van der Waals surface area contributed by atoms with Gasteiger partial charge >= 0.3 is 5.97 Å². The highest BCUT2D eigenvalue weighted by molar-refractivity contribution is 5.72. The predicted octanol–water partition coefficient (Wildman–Crippen LogP) is 0.430. The van der Waals surface area contributed by atoms with Crippen molar-refractivity contribution in [3.8, 4) is 17.2 Å². The van der Waals surface area contributed by atoms with Crippen LogP contribution in [0.5, 0.6) is 17.2 Å². The fraction of sp³-hybridized carbons (Fsp3) is 0.125. The van der Waals surface area contributed by atoms with Crippen LogP contribution in [0.2, 0.25) is 0 Å². The molecule has 0 aliphatic rings. The third-order valence-corrected chi connectivity index (χ3v) is 1.50. The number of aliphatic carboxylic acids is 1. The Hall–Kier alpha value is -1.91. The predicted molar refractivity (Wildman–Crippen MR) is 42.8 cm³/mol. The van der Waals surface area contributed by atoms with Gasteiger partial charge in [0.05, 0.1) is 6.42 Å². The number of carboxylic acids is 1. The van der Waals surface area contributed by atoms with Crippen LogP contribution >= 0.6 is 0 Å². The Balaban J connectivity index is 3.12. The molecule has 70 valence electrons. The van der Waals surface area contributed by atoms with Crippen molar-refractivity contribution in [1.29, 1.82) is 0 Å². The van der Waals surface area contributed by atoms with Crippen LogP contribution in [0, 0.1) is 0 Å². The maximum Gasteiger partial charge on any atom is 0.307 e. The van der Waals surface area contributed by atoms with Gasteiger partial charge in [0, 0.05) is 11.6 Å². The van der Waals surface area contributed by atoms with Gasteiger partial charge in [0.2, 0.25) is 0 Å². The summed E-state index contributed by atoms with van der Waals surface area (Å²) >= 11 is 0. The molecule has 0 radical (unpaired) electrons. The summed E-state index contributed by atoms with van der Waals surface area (Å²) in [7, 11) is 0. The first-order valence-corrected chi connectivity index (χ1v) is 3.46. The molecule has 0 bridgehead atoms. The summed E-state index contributed by atoms with van der Waals surface area (Å²) in [5, 5.41) is 35.5. The van der Waals surface area contributed by atoms with Crippen LogP contribution in [0.3, 0.4) is 0 Å². The molecule has 0 amide bonds. The lowest BCUT2D eigenvalue weighted by Gasteiger charge is -2.04. The van der Waals surface area contributed by atoms with Crippen LogP contribution in [-0.2, 0) is 11.2 Å². The van der Waals surface area contributed by atoms with E-state index >= 15 is 0 Å². The molecule has 1 rings (SSSR count). The molecule has 0 fully saturated rings. The van der Waals surface area contributed by atoms with Crippen LogP contribution in [-0.4, -0.2) is 26.4 Å². The van der Waals surface area contributed by atoms with Gasteiger partial charge in [0.15, 0.2) is 11.5 Å². The lowest BCUT2D eigenvalue weighted by atomic mass is 10.1. The molecule has 0 saturated carbocycles. The number of phenolic OH excluding ortho intramolecular Hbond substituents is 3. The Morgan fingerprint density at radius 3 is 2.38 bits per heavy atom. The third-order valence-electron chi connectivity index (χ3n) is 1.50. The topological polar surface area (TPSA) is 98.0 Å². The molecule has 5 heteroatoms. The minimum atomic E-state index is -1.15. The second-order valence-corrected chi connectivity index (χ2v) is 2.54. The summed E-state index contributed by atoms with van der Waals surface area (Å²) in [6.07, 6.45) is -0.451. The Bertz CT molecular complexity index is 345. The van der Waals surface area contributed by atoms with E-state index in [1.807, 2.05) is 0 Å². The quantitative estimate of drug-likeness (QED) is 0.394. The van der Waals surface area contributed by atoms with Crippen LogP contribution < -0.4 is 0 Å². The van der Waals surface area contributed by atoms with Crippen molar-refractivity contribution in [3.63, 3.8) is 0 Å². The SMILES string of the molecule is O=C(O)Cc1cc(O)cc(O)c1O. The van der Waals surface area contributed by atoms with Crippen LogP contribution in [0.15, 0.2) is 12.1 Å². The van der Waals surface area contributed by atoms with Gasteiger partial charge in [0.25, 0.3) is 0 Å². The molecule has 0 aliphatic carbocycles. The zero-order valence-corrected chi connectivity index (χ0v) is 6.56. The van der Waals surface area contributed by atoms with Crippen LogP contribution in [0.25, 0.3) is 0 Å². The molecule has 1 aromatic carbocycles. The highest BCUT2D eigenvalue weighted by atomic mass is 16.4. The van der Waals surface area contributed by atoms with Crippen molar-refractivity contribution >= 4 is 5.97 Å².